The van der Waals surface area contributed by atoms with Crippen LogP contribution < -0.4 is 10.5 Å². The van der Waals surface area contributed by atoms with Gasteiger partial charge in [-0.3, -0.25) is 0 Å². The van der Waals surface area contributed by atoms with E-state index in [0.29, 0.717) is 11.5 Å². The molecule has 8 heteroatoms. The van der Waals surface area contributed by atoms with E-state index in [9.17, 15) is 8.42 Å². The molecule has 0 spiro atoms. The predicted molar refractivity (Wildman–Crippen MR) is 83.0 cm³/mol. The minimum absolute atomic E-state index is 0. The Morgan fingerprint density at radius 2 is 1.81 bits per heavy atom. The summed E-state index contributed by atoms with van der Waals surface area (Å²) in [6, 6.07) is 0. The Morgan fingerprint density at radius 1 is 1.24 bits per heavy atom. The number of hydrogen-bond donors (Lipinski definition) is 2. The molecular formula is C13H24ClN3O3S. The van der Waals surface area contributed by atoms with Crippen molar-refractivity contribution in [3.8, 4) is 0 Å². The first kappa shape index (κ1) is 18.4. The summed E-state index contributed by atoms with van der Waals surface area (Å²) in [5.41, 5.74) is 6.26. The number of halogens is 1. The Balaban J connectivity index is 0.00000220. The van der Waals surface area contributed by atoms with Crippen LogP contribution in [-0.2, 0) is 10.0 Å². The Morgan fingerprint density at radius 3 is 2.29 bits per heavy atom. The minimum Gasteiger partial charge on any atom is -0.360 e. The number of rotatable bonds is 4. The average molecular weight is 338 g/mol. The number of aromatic nitrogens is 1. The van der Waals surface area contributed by atoms with Gasteiger partial charge in [0.25, 0.3) is 0 Å². The maximum atomic E-state index is 12.3. The monoisotopic (exact) mass is 337 g/mol. The first-order chi connectivity index (χ1) is 9.34. The van der Waals surface area contributed by atoms with Crippen molar-refractivity contribution >= 4 is 22.4 Å². The lowest BCUT2D eigenvalue weighted by Gasteiger charge is -2.28. The first-order valence-electron chi connectivity index (χ1n) is 7.05. The van der Waals surface area contributed by atoms with Gasteiger partial charge in [-0.25, -0.2) is 13.1 Å². The Hall–Kier alpha value is -0.630. The third-order valence-corrected chi connectivity index (χ3v) is 5.59. The predicted octanol–water partition coefficient (Wildman–Crippen LogP) is 2.04. The molecule has 6 nitrogen and oxygen atoms in total. The molecule has 0 aliphatic heterocycles. The summed E-state index contributed by atoms with van der Waals surface area (Å²) in [6.07, 6.45) is 6.19. The number of nitrogens with two attached hydrogens (primary N) is 1. The zero-order valence-electron chi connectivity index (χ0n) is 12.5. The van der Waals surface area contributed by atoms with Crippen LogP contribution in [0.15, 0.2) is 9.42 Å². The largest absolute Gasteiger partial charge is 0.360 e. The number of nitrogens with zero attached hydrogens (tertiary/aromatic N) is 1. The summed E-state index contributed by atoms with van der Waals surface area (Å²) >= 11 is 0. The lowest BCUT2D eigenvalue weighted by molar-refractivity contribution is 0.368. The molecule has 21 heavy (non-hydrogen) atoms. The molecule has 0 aromatic carbocycles. The van der Waals surface area contributed by atoms with Crippen molar-refractivity contribution < 1.29 is 12.9 Å². The van der Waals surface area contributed by atoms with E-state index >= 15 is 0 Å². The zero-order valence-corrected chi connectivity index (χ0v) is 14.1. The van der Waals surface area contributed by atoms with Crippen LogP contribution >= 0.6 is 12.4 Å². The zero-order chi connectivity index (χ0) is 14.8. The second kappa shape index (κ2) is 7.09. The van der Waals surface area contributed by atoms with Gasteiger partial charge in [-0.1, -0.05) is 30.8 Å². The van der Waals surface area contributed by atoms with E-state index in [1.165, 1.54) is 12.8 Å². The van der Waals surface area contributed by atoms with E-state index in [-0.39, 0.29) is 23.8 Å². The van der Waals surface area contributed by atoms with E-state index in [1.54, 1.807) is 13.8 Å². The Labute approximate surface area is 132 Å². The summed E-state index contributed by atoms with van der Waals surface area (Å²) in [4.78, 5) is 0.134. The van der Waals surface area contributed by atoms with Gasteiger partial charge < -0.3 is 10.3 Å². The molecule has 1 saturated carbocycles. The fraction of sp³-hybridized carbons (Fsp3) is 0.769. The molecule has 0 amide bonds. The second-order valence-corrected chi connectivity index (χ2v) is 7.46. The molecule has 1 aliphatic rings. The summed E-state index contributed by atoms with van der Waals surface area (Å²) in [5.74, 6) is 0.307. The highest BCUT2D eigenvalue weighted by Crippen LogP contribution is 2.25. The van der Waals surface area contributed by atoms with Gasteiger partial charge in [0, 0.05) is 12.1 Å². The van der Waals surface area contributed by atoms with Crippen LogP contribution in [0, 0.1) is 13.8 Å². The SMILES string of the molecule is Cc1noc(C)c1S(=O)(=O)NCC1(N)CCCCCC1.Cl. The van der Waals surface area contributed by atoms with E-state index < -0.39 is 15.6 Å². The molecule has 0 radical (unpaired) electrons. The van der Waals surface area contributed by atoms with Crippen molar-refractivity contribution in [2.45, 2.75) is 62.8 Å². The molecule has 122 valence electrons. The van der Waals surface area contributed by atoms with Crippen molar-refractivity contribution in [3.63, 3.8) is 0 Å². The fourth-order valence-corrected chi connectivity index (χ4v) is 4.24. The van der Waals surface area contributed by atoms with E-state index in [2.05, 4.69) is 9.88 Å². The van der Waals surface area contributed by atoms with Gasteiger partial charge in [0.1, 0.15) is 10.6 Å². The molecule has 1 aromatic heterocycles. The van der Waals surface area contributed by atoms with Crippen molar-refractivity contribution in [3.05, 3.63) is 11.5 Å². The number of sulfonamides is 1. The standard InChI is InChI=1S/C13H23N3O3S.ClH/c1-10-12(11(2)19-16-10)20(17,18)15-9-13(14)7-5-3-4-6-8-13;/h15H,3-9,14H2,1-2H3;1H. The van der Waals surface area contributed by atoms with Crippen molar-refractivity contribution in [2.75, 3.05) is 6.54 Å². The molecular weight excluding hydrogens is 314 g/mol. The molecule has 0 atom stereocenters. The highest BCUT2D eigenvalue weighted by atomic mass is 35.5. The van der Waals surface area contributed by atoms with Crippen LogP contribution in [0.25, 0.3) is 0 Å². The van der Waals surface area contributed by atoms with E-state index in [0.717, 1.165) is 25.7 Å². The molecule has 0 bridgehead atoms. The van der Waals surface area contributed by atoms with Crippen LogP contribution in [0.1, 0.15) is 50.0 Å². The lowest BCUT2D eigenvalue weighted by atomic mass is 9.92. The quantitative estimate of drug-likeness (QED) is 0.819. The normalized spacial score (nSPS) is 18.8. The van der Waals surface area contributed by atoms with Crippen LogP contribution in [0.3, 0.4) is 0 Å². The van der Waals surface area contributed by atoms with E-state index in [4.69, 9.17) is 10.3 Å². The summed E-state index contributed by atoms with van der Waals surface area (Å²) in [7, 11) is -3.61. The molecule has 1 heterocycles. The summed E-state index contributed by atoms with van der Waals surface area (Å²) < 4.78 is 32.2. The molecule has 1 fully saturated rings. The molecule has 2 rings (SSSR count). The summed E-state index contributed by atoms with van der Waals surface area (Å²) in [6.45, 7) is 3.48. The van der Waals surface area contributed by atoms with Crippen LogP contribution in [0.2, 0.25) is 0 Å². The topological polar surface area (TPSA) is 98.2 Å². The van der Waals surface area contributed by atoms with Gasteiger partial charge in [-0.2, -0.15) is 0 Å². The van der Waals surface area contributed by atoms with Crippen molar-refractivity contribution in [1.82, 2.24) is 9.88 Å². The molecule has 0 saturated heterocycles. The Bertz CT molecular complexity index is 544. The smallest absolute Gasteiger partial charge is 0.246 e. The minimum atomic E-state index is -3.61. The van der Waals surface area contributed by atoms with Crippen LogP contribution in [-0.4, -0.2) is 25.7 Å². The van der Waals surface area contributed by atoms with Crippen molar-refractivity contribution in [1.29, 1.82) is 0 Å². The third-order valence-electron chi connectivity index (χ3n) is 3.95. The molecule has 1 aliphatic carbocycles. The van der Waals surface area contributed by atoms with Gasteiger partial charge in [0.15, 0.2) is 5.76 Å². The average Bonchev–Trinajstić information content (AvgIpc) is 2.60. The van der Waals surface area contributed by atoms with Gasteiger partial charge in [0.2, 0.25) is 10.0 Å². The van der Waals surface area contributed by atoms with Gasteiger partial charge in [-0.15, -0.1) is 12.4 Å². The van der Waals surface area contributed by atoms with Crippen LogP contribution in [0.4, 0.5) is 0 Å². The first-order valence-corrected chi connectivity index (χ1v) is 8.54. The van der Waals surface area contributed by atoms with Gasteiger partial charge in [-0.05, 0) is 26.7 Å². The fourth-order valence-electron chi connectivity index (χ4n) is 2.78. The molecule has 3 N–H and O–H groups in total. The molecule has 0 unspecified atom stereocenters. The van der Waals surface area contributed by atoms with Gasteiger partial charge >= 0.3 is 0 Å². The highest BCUT2D eigenvalue weighted by molar-refractivity contribution is 7.89. The third kappa shape index (κ3) is 4.42. The Kier molecular flexibility index (Phi) is 6.22. The lowest BCUT2D eigenvalue weighted by Crippen LogP contribution is -2.49. The van der Waals surface area contributed by atoms with Crippen molar-refractivity contribution in [2.24, 2.45) is 5.73 Å². The summed E-state index contributed by atoms with van der Waals surface area (Å²) in [5, 5.41) is 3.68. The maximum absolute atomic E-state index is 12.3. The number of nitrogens with one attached hydrogen (secondary N) is 1. The highest BCUT2D eigenvalue weighted by Gasteiger charge is 2.30. The van der Waals surface area contributed by atoms with E-state index in [1.807, 2.05) is 0 Å². The molecule has 1 aromatic rings. The number of aryl methyl sites for hydroxylation is 2. The second-order valence-electron chi connectivity index (χ2n) is 5.75. The maximum Gasteiger partial charge on any atom is 0.246 e. The van der Waals surface area contributed by atoms with Crippen LogP contribution in [0.5, 0.6) is 0 Å². The van der Waals surface area contributed by atoms with Gasteiger partial charge in [0.05, 0.1) is 0 Å². The number of hydrogen-bond acceptors (Lipinski definition) is 5.